The van der Waals surface area contributed by atoms with Gasteiger partial charge in [-0.25, -0.2) is 0 Å². The number of rotatable bonds is 2. The molecule has 1 aromatic rings. The summed E-state index contributed by atoms with van der Waals surface area (Å²) in [6, 6.07) is 10.0. The maximum Gasteiger partial charge on any atom is 0.0266 e. The highest BCUT2D eigenvalue weighted by Crippen LogP contribution is 2.13. The summed E-state index contributed by atoms with van der Waals surface area (Å²) in [6.45, 7) is 5.84. The second-order valence-electron chi connectivity index (χ2n) is 2.68. The van der Waals surface area contributed by atoms with Crippen LogP contribution in [0.3, 0.4) is 0 Å². The molecule has 0 radical (unpaired) electrons. The minimum absolute atomic E-state index is 0.0393. The Morgan fingerprint density at radius 2 is 1.91 bits per heavy atom. The van der Waals surface area contributed by atoms with E-state index in [1.807, 2.05) is 37.3 Å². The van der Waals surface area contributed by atoms with Crippen LogP contribution in [0, 0.1) is 0 Å². The highest BCUT2D eigenvalue weighted by atomic mass is 14.6. The molecule has 1 nitrogen and oxygen atoms in total. The predicted molar refractivity (Wildman–Crippen MR) is 49.1 cm³/mol. The van der Waals surface area contributed by atoms with E-state index in [-0.39, 0.29) is 6.04 Å². The Kier molecular flexibility index (Phi) is 2.44. The van der Waals surface area contributed by atoms with Crippen molar-refractivity contribution < 1.29 is 0 Å². The summed E-state index contributed by atoms with van der Waals surface area (Å²) in [4.78, 5) is 0. The summed E-state index contributed by atoms with van der Waals surface area (Å²) in [5, 5.41) is 0. The molecule has 0 bridgehead atoms. The molecule has 1 heteroatoms. The van der Waals surface area contributed by atoms with Gasteiger partial charge in [0.2, 0.25) is 0 Å². The van der Waals surface area contributed by atoms with Crippen LogP contribution in [0.2, 0.25) is 0 Å². The molecule has 58 valence electrons. The van der Waals surface area contributed by atoms with Gasteiger partial charge in [-0.05, 0) is 18.1 Å². The van der Waals surface area contributed by atoms with Gasteiger partial charge >= 0.3 is 0 Å². The largest absolute Gasteiger partial charge is 0.324 e. The van der Waals surface area contributed by atoms with Crippen molar-refractivity contribution in [3.05, 3.63) is 42.5 Å². The molecular weight excluding hydrogens is 134 g/mol. The van der Waals surface area contributed by atoms with Gasteiger partial charge in [0.25, 0.3) is 0 Å². The minimum atomic E-state index is 0.0393. The number of hydrogen-bond donors (Lipinski definition) is 1. The van der Waals surface area contributed by atoms with Crippen LogP contribution in [-0.2, 0) is 0 Å². The normalized spacial score (nSPS) is 12.5. The van der Waals surface area contributed by atoms with Crippen molar-refractivity contribution >= 4 is 5.57 Å². The van der Waals surface area contributed by atoms with Crippen LogP contribution in [0.15, 0.2) is 36.9 Å². The van der Waals surface area contributed by atoms with Crippen LogP contribution < -0.4 is 5.73 Å². The van der Waals surface area contributed by atoms with Gasteiger partial charge in [-0.15, -0.1) is 0 Å². The summed E-state index contributed by atoms with van der Waals surface area (Å²) in [7, 11) is 0. The zero-order valence-electron chi connectivity index (χ0n) is 6.75. The van der Waals surface area contributed by atoms with Crippen molar-refractivity contribution in [3.63, 3.8) is 0 Å². The molecule has 0 unspecified atom stereocenters. The Labute approximate surface area is 67.5 Å². The van der Waals surface area contributed by atoms with Gasteiger partial charge in [-0.2, -0.15) is 0 Å². The van der Waals surface area contributed by atoms with Gasteiger partial charge in [0.1, 0.15) is 0 Å². The molecule has 2 N–H and O–H groups in total. The fraction of sp³-hybridized carbons (Fsp3) is 0.200. The Bertz CT molecular complexity index is 236. The zero-order valence-corrected chi connectivity index (χ0v) is 6.75. The highest BCUT2D eigenvalue weighted by Gasteiger charge is 2.01. The van der Waals surface area contributed by atoms with E-state index in [0.29, 0.717) is 0 Å². The Morgan fingerprint density at radius 1 is 1.36 bits per heavy atom. The molecule has 1 rings (SSSR count). The third-order valence-electron chi connectivity index (χ3n) is 1.69. The highest BCUT2D eigenvalue weighted by molar-refractivity contribution is 5.66. The van der Waals surface area contributed by atoms with Crippen molar-refractivity contribution in [3.8, 4) is 0 Å². The van der Waals surface area contributed by atoms with Gasteiger partial charge in [-0.1, -0.05) is 36.9 Å². The van der Waals surface area contributed by atoms with Crippen LogP contribution in [0.1, 0.15) is 12.5 Å². The van der Waals surface area contributed by atoms with Crippen LogP contribution >= 0.6 is 0 Å². The molecule has 1 atom stereocenters. The molecule has 0 aliphatic heterocycles. The smallest absolute Gasteiger partial charge is 0.0266 e. The zero-order chi connectivity index (χ0) is 8.27. The lowest BCUT2D eigenvalue weighted by Crippen LogP contribution is -2.15. The van der Waals surface area contributed by atoms with E-state index in [0.717, 1.165) is 11.1 Å². The second-order valence-corrected chi connectivity index (χ2v) is 2.68. The van der Waals surface area contributed by atoms with Gasteiger partial charge < -0.3 is 5.73 Å². The lowest BCUT2D eigenvalue weighted by molar-refractivity contribution is 0.949. The fourth-order valence-electron chi connectivity index (χ4n) is 0.915. The molecule has 0 fully saturated rings. The third-order valence-corrected chi connectivity index (χ3v) is 1.69. The van der Waals surface area contributed by atoms with Crippen LogP contribution in [0.5, 0.6) is 0 Å². The van der Waals surface area contributed by atoms with Gasteiger partial charge in [-0.3, -0.25) is 0 Å². The molecule has 0 aliphatic carbocycles. The maximum atomic E-state index is 5.67. The first-order chi connectivity index (χ1) is 5.22. The van der Waals surface area contributed by atoms with Crippen LogP contribution in [0.4, 0.5) is 0 Å². The lowest BCUT2D eigenvalue weighted by atomic mass is 10.0. The molecule has 11 heavy (non-hydrogen) atoms. The topological polar surface area (TPSA) is 26.0 Å². The van der Waals surface area contributed by atoms with E-state index in [1.54, 1.807) is 0 Å². The second kappa shape index (κ2) is 3.35. The Morgan fingerprint density at radius 3 is 2.36 bits per heavy atom. The van der Waals surface area contributed by atoms with Crippen molar-refractivity contribution in [2.24, 2.45) is 5.73 Å². The van der Waals surface area contributed by atoms with E-state index in [1.165, 1.54) is 0 Å². The van der Waals surface area contributed by atoms with Gasteiger partial charge in [0.05, 0.1) is 0 Å². The summed E-state index contributed by atoms with van der Waals surface area (Å²) < 4.78 is 0. The molecule has 0 saturated heterocycles. The average Bonchev–Trinajstić information content (AvgIpc) is 2.05. The van der Waals surface area contributed by atoms with Gasteiger partial charge in [0, 0.05) is 6.04 Å². The van der Waals surface area contributed by atoms with Crippen LogP contribution in [0.25, 0.3) is 5.57 Å². The van der Waals surface area contributed by atoms with Crippen LogP contribution in [-0.4, -0.2) is 6.04 Å². The molecule has 0 saturated carbocycles. The number of benzene rings is 1. The standard InChI is InChI=1S/C10H13N/c1-8(9(2)11)10-6-4-3-5-7-10/h3-7,9H,1,11H2,2H3/t9-/m1/s1. The first kappa shape index (κ1) is 8.02. The molecule has 0 aliphatic rings. The lowest BCUT2D eigenvalue weighted by Gasteiger charge is -2.08. The maximum absolute atomic E-state index is 5.67. The van der Waals surface area contributed by atoms with E-state index >= 15 is 0 Å². The minimum Gasteiger partial charge on any atom is -0.324 e. The van der Waals surface area contributed by atoms with Crippen molar-refractivity contribution in [1.29, 1.82) is 0 Å². The summed E-state index contributed by atoms with van der Waals surface area (Å²) in [5.74, 6) is 0. The average molecular weight is 147 g/mol. The number of hydrogen-bond acceptors (Lipinski definition) is 1. The Hall–Kier alpha value is -1.08. The molecule has 0 heterocycles. The molecule has 0 spiro atoms. The van der Waals surface area contributed by atoms with E-state index in [9.17, 15) is 0 Å². The monoisotopic (exact) mass is 147 g/mol. The summed E-state index contributed by atoms with van der Waals surface area (Å²) in [5.41, 5.74) is 7.79. The van der Waals surface area contributed by atoms with E-state index < -0.39 is 0 Å². The molecule has 1 aromatic carbocycles. The van der Waals surface area contributed by atoms with Crippen molar-refractivity contribution in [2.45, 2.75) is 13.0 Å². The van der Waals surface area contributed by atoms with E-state index in [2.05, 4.69) is 6.58 Å². The molecular formula is C10H13N. The van der Waals surface area contributed by atoms with Gasteiger partial charge in [0.15, 0.2) is 0 Å². The summed E-state index contributed by atoms with van der Waals surface area (Å²) >= 11 is 0. The molecule has 0 aromatic heterocycles. The first-order valence-corrected chi connectivity index (χ1v) is 3.71. The SMILES string of the molecule is C=C(c1ccccc1)[C@@H](C)N. The Balaban J connectivity index is 2.86. The quantitative estimate of drug-likeness (QED) is 0.680. The first-order valence-electron chi connectivity index (χ1n) is 3.71. The molecule has 0 amide bonds. The van der Waals surface area contributed by atoms with Crippen molar-refractivity contribution in [1.82, 2.24) is 0 Å². The summed E-state index contributed by atoms with van der Waals surface area (Å²) in [6.07, 6.45) is 0. The van der Waals surface area contributed by atoms with E-state index in [4.69, 9.17) is 5.73 Å². The third kappa shape index (κ3) is 1.92. The van der Waals surface area contributed by atoms with Crippen molar-refractivity contribution in [2.75, 3.05) is 0 Å². The number of nitrogens with two attached hydrogens (primary N) is 1. The predicted octanol–water partition coefficient (Wildman–Crippen LogP) is 2.05. The fourth-order valence-corrected chi connectivity index (χ4v) is 0.915.